The van der Waals surface area contributed by atoms with Crippen molar-refractivity contribution in [3.05, 3.63) is 39.0 Å². The molecule has 78 valence electrons. The Labute approximate surface area is 98.2 Å². The van der Waals surface area contributed by atoms with Crippen molar-refractivity contribution in [2.45, 2.75) is 6.92 Å². The molecule has 2 aromatic rings. The van der Waals surface area contributed by atoms with Gasteiger partial charge in [-0.25, -0.2) is 13.8 Å². The fraction of sp³-hybridized carbons (Fsp3) is 0.100. The fourth-order valence-corrected chi connectivity index (χ4v) is 1.95. The van der Waals surface area contributed by atoms with Crippen molar-refractivity contribution >= 4 is 38.4 Å². The van der Waals surface area contributed by atoms with Gasteiger partial charge in [0.05, 0.1) is 9.50 Å². The molecule has 0 aliphatic rings. The first-order valence-electron chi connectivity index (χ1n) is 4.11. The second-order valence-corrected chi connectivity index (χ2v) is 4.33. The van der Waals surface area contributed by atoms with E-state index in [1.54, 1.807) is 13.0 Å². The van der Waals surface area contributed by atoms with Crippen LogP contribution >= 0.6 is 27.5 Å². The minimum absolute atomic E-state index is 0.0771. The number of rotatable bonds is 0. The molecular formula is C10H5BrClF2N. The quantitative estimate of drug-likeness (QED) is 0.662. The van der Waals surface area contributed by atoms with Crippen LogP contribution in [0.3, 0.4) is 0 Å². The predicted molar refractivity (Wildman–Crippen MR) is 59.1 cm³/mol. The fourth-order valence-electron chi connectivity index (χ4n) is 1.35. The Kier molecular flexibility index (Phi) is 2.64. The highest BCUT2D eigenvalue weighted by molar-refractivity contribution is 9.10. The lowest BCUT2D eigenvalue weighted by molar-refractivity contribution is 0.579. The zero-order chi connectivity index (χ0) is 11.2. The monoisotopic (exact) mass is 291 g/mol. The van der Waals surface area contributed by atoms with E-state index in [2.05, 4.69) is 20.9 Å². The largest absolute Gasteiger partial charge is 0.250 e. The second-order valence-electron chi connectivity index (χ2n) is 3.13. The molecule has 5 heteroatoms. The average Bonchev–Trinajstić information content (AvgIpc) is 2.17. The van der Waals surface area contributed by atoms with E-state index in [1.807, 2.05) is 0 Å². The number of aromatic nitrogens is 1. The molecule has 0 atom stereocenters. The summed E-state index contributed by atoms with van der Waals surface area (Å²) in [4.78, 5) is 3.98. The molecule has 0 spiro atoms. The van der Waals surface area contributed by atoms with Crippen molar-refractivity contribution < 1.29 is 8.78 Å². The summed E-state index contributed by atoms with van der Waals surface area (Å²) in [5, 5.41) is 0.572. The predicted octanol–water partition coefficient (Wildman–Crippen LogP) is 4.24. The van der Waals surface area contributed by atoms with Gasteiger partial charge in [0, 0.05) is 11.1 Å². The zero-order valence-electron chi connectivity index (χ0n) is 7.61. The van der Waals surface area contributed by atoms with Crippen molar-refractivity contribution in [2.24, 2.45) is 0 Å². The first-order chi connectivity index (χ1) is 7.00. The number of nitrogens with zero attached hydrogens (tertiary/aromatic N) is 1. The molecule has 15 heavy (non-hydrogen) atoms. The topological polar surface area (TPSA) is 12.9 Å². The minimum atomic E-state index is -0.726. The Morgan fingerprint density at radius 2 is 2.00 bits per heavy atom. The number of pyridine rings is 1. The maximum Gasteiger partial charge on any atom is 0.166 e. The van der Waals surface area contributed by atoms with Gasteiger partial charge in [0.25, 0.3) is 0 Å². The van der Waals surface area contributed by atoms with Crippen molar-refractivity contribution in [1.29, 1.82) is 0 Å². The minimum Gasteiger partial charge on any atom is -0.250 e. The smallest absolute Gasteiger partial charge is 0.166 e. The summed E-state index contributed by atoms with van der Waals surface area (Å²) in [6, 6.07) is 2.73. The standard InChI is InChI=1S/C10H5BrClF2N/c1-4-2-6(12)5-3-7(13)8(11)9(14)10(5)15-4/h2-3H,1H3. The van der Waals surface area contributed by atoms with Crippen LogP contribution in [-0.2, 0) is 0 Å². The molecule has 1 nitrogen and oxygen atoms in total. The van der Waals surface area contributed by atoms with Gasteiger partial charge in [0.15, 0.2) is 5.82 Å². The molecule has 1 aromatic carbocycles. The third-order valence-electron chi connectivity index (χ3n) is 2.02. The number of hydrogen-bond acceptors (Lipinski definition) is 1. The van der Waals surface area contributed by atoms with Crippen molar-refractivity contribution in [1.82, 2.24) is 4.98 Å². The highest BCUT2D eigenvalue weighted by Gasteiger charge is 2.14. The lowest BCUT2D eigenvalue weighted by Crippen LogP contribution is -1.92. The number of benzene rings is 1. The molecule has 2 rings (SSSR count). The van der Waals surface area contributed by atoms with E-state index in [9.17, 15) is 8.78 Å². The van der Waals surface area contributed by atoms with Gasteiger partial charge < -0.3 is 0 Å². The summed E-state index contributed by atoms with van der Waals surface area (Å²) in [6.07, 6.45) is 0. The first kappa shape index (κ1) is 10.8. The Morgan fingerprint density at radius 1 is 1.33 bits per heavy atom. The van der Waals surface area contributed by atoms with Gasteiger partial charge in [0.1, 0.15) is 11.3 Å². The maximum absolute atomic E-state index is 13.6. The zero-order valence-corrected chi connectivity index (χ0v) is 9.96. The third kappa shape index (κ3) is 1.72. The Morgan fingerprint density at radius 3 is 2.67 bits per heavy atom. The lowest BCUT2D eigenvalue weighted by Gasteiger charge is -2.05. The van der Waals surface area contributed by atoms with Crippen LogP contribution in [0.2, 0.25) is 5.02 Å². The molecule has 0 N–H and O–H groups in total. The van der Waals surface area contributed by atoms with Crippen molar-refractivity contribution in [3.63, 3.8) is 0 Å². The van der Waals surface area contributed by atoms with Crippen LogP contribution < -0.4 is 0 Å². The van der Waals surface area contributed by atoms with Crippen LogP contribution in [0.1, 0.15) is 5.69 Å². The molecule has 0 saturated heterocycles. The third-order valence-corrected chi connectivity index (χ3v) is 3.06. The van der Waals surface area contributed by atoms with Crippen molar-refractivity contribution in [3.8, 4) is 0 Å². The van der Waals surface area contributed by atoms with Gasteiger partial charge in [0.2, 0.25) is 0 Å². The molecule has 1 heterocycles. The molecule has 0 amide bonds. The summed E-state index contributed by atoms with van der Waals surface area (Å²) < 4.78 is 26.6. The van der Waals surface area contributed by atoms with Crippen LogP contribution in [0.15, 0.2) is 16.6 Å². The first-order valence-corrected chi connectivity index (χ1v) is 5.28. The van der Waals surface area contributed by atoms with Crippen LogP contribution in [0.25, 0.3) is 10.9 Å². The maximum atomic E-state index is 13.6. The molecule has 0 fully saturated rings. The van der Waals surface area contributed by atoms with E-state index < -0.39 is 11.6 Å². The number of halogens is 4. The Hall–Kier alpha value is -0.740. The summed E-state index contributed by atoms with van der Waals surface area (Å²) in [7, 11) is 0. The molecule has 0 aliphatic heterocycles. The summed E-state index contributed by atoms with van der Waals surface area (Å²) in [5.74, 6) is -1.41. The van der Waals surface area contributed by atoms with Gasteiger partial charge in [-0.1, -0.05) is 11.6 Å². The molecule has 0 bridgehead atoms. The molecule has 0 unspecified atom stereocenters. The highest BCUT2D eigenvalue weighted by atomic mass is 79.9. The average molecular weight is 293 g/mol. The van der Waals surface area contributed by atoms with Gasteiger partial charge in [-0.05, 0) is 35.0 Å². The summed E-state index contributed by atoms with van der Waals surface area (Å²) >= 11 is 8.69. The van der Waals surface area contributed by atoms with Crippen LogP contribution in [0, 0.1) is 18.6 Å². The van der Waals surface area contributed by atoms with Gasteiger partial charge in [-0.2, -0.15) is 0 Å². The Bertz CT molecular complexity index is 557. The Balaban J connectivity index is 2.98. The molecule has 0 aliphatic carbocycles. The normalized spacial score (nSPS) is 11.0. The SMILES string of the molecule is Cc1cc(Cl)c2cc(F)c(Br)c(F)c2n1. The number of aryl methyl sites for hydroxylation is 1. The number of fused-ring (bicyclic) bond motifs is 1. The number of hydrogen-bond donors (Lipinski definition) is 0. The molecule has 0 saturated carbocycles. The lowest BCUT2D eigenvalue weighted by atomic mass is 10.2. The van der Waals surface area contributed by atoms with Crippen molar-refractivity contribution in [2.75, 3.05) is 0 Å². The van der Waals surface area contributed by atoms with E-state index >= 15 is 0 Å². The van der Waals surface area contributed by atoms with E-state index in [-0.39, 0.29) is 15.4 Å². The van der Waals surface area contributed by atoms with Gasteiger partial charge >= 0.3 is 0 Å². The molecular weight excluding hydrogens is 287 g/mol. The molecule has 0 radical (unpaired) electrons. The van der Waals surface area contributed by atoms with Crippen LogP contribution in [-0.4, -0.2) is 4.98 Å². The van der Waals surface area contributed by atoms with Crippen LogP contribution in [0.4, 0.5) is 8.78 Å². The van der Waals surface area contributed by atoms with Gasteiger partial charge in [-0.15, -0.1) is 0 Å². The van der Waals surface area contributed by atoms with E-state index in [1.165, 1.54) is 0 Å². The summed E-state index contributed by atoms with van der Waals surface area (Å²) in [5.41, 5.74) is 0.665. The van der Waals surface area contributed by atoms with Gasteiger partial charge in [-0.3, -0.25) is 0 Å². The molecule has 1 aromatic heterocycles. The second kappa shape index (κ2) is 3.68. The van der Waals surface area contributed by atoms with E-state index in [0.717, 1.165) is 6.07 Å². The van der Waals surface area contributed by atoms with E-state index in [0.29, 0.717) is 10.7 Å². The van der Waals surface area contributed by atoms with Crippen LogP contribution in [0.5, 0.6) is 0 Å². The highest BCUT2D eigenvalue weighted by Crippen LogP contribution is 2.31. The van der Waals surface area contributed by atoms with E-state index in [4.69, 9.17) is 11.6 Å². The summed E-state index contributed by atoms with van der Waals surface area (Å²) in [6.45, 7) is 1.70.